The standard InChI is InChI=1S/C16H19ClO2/c1-5-6-7-11-15(18)10-8-14(19-4)13(17)9-12(10)16(11,2)3/h5-6,8-9,11H,7H2,1-4H3/b6-5+. The number of allylic oxidation sites excluding steroid dienone is 2. The fourth-order valence-electron chi connectivity index (χ4n) is 2.82. The van der Waals surface area contributed by atoms with Gasteiger partial charge in [-0.1, -0.05) is 37.6 Å². The molecule has 0 amide bonds. The fraction of sp³-hybridized carbons (Fsp3) is 0.438. The number of benzene rings is 1. The van der Waals surface area contributed by atoms with Gasteiger partial charge < -0.3 is 4.74 Å². The molecule has 0 bridgehead atoms. The van der Waals surface area contributed by atoms with Crippen LogP contribution in [-0.2, 0) is 5.41 Å². The second kappa shape index (κ2) is 5.01. The molecule has 19 heavy (non-hydrogen) atoms. The largest absolute Gasteiger partial charge is 0.495 e. The van der Waals surface area contributed by atoms with Crippen molar-refractivity contribution in [2.45, 2.75) is 32.6 Å². The summed E-state index contributed by atoms with van der Waals surface area (Å²) in [4.78, 5) is 12.6. The first-order valence-corrected chi connectivity index (χ1v) is 6.84. The topological polar surface area (TPSA) is 26.3 Å². The van der Waals surface area contributed by atoms with Crippen LogP contribution in [0.5, 0.6) is 5.75 Å². The number of hydrogen-bond donors (Lipinski definition) is 0. The van der Waals surface area contributed by atoms with Crippen molar-refractivity contribution >= 4 is 17.4 Å². The molecule has 0 radical (unpaired) electrons. The van der Waals surface area contributed by atoms with Gasteiger partial charge in [-0.05, 0) is 31.0 Å². The lowest BCUT2D eigenvalue weighted by atomic mass is 9.76. The molecule has 1 aliphatic carbocycles. The van der Waals surface area contributed by atoms with Crippen LogP contribution >= 0.6 is 11.6 Å². The number of rotatable bonds is 3. The van der Waals surface area contributed by atoms with Crippen molar-refractivity contribution in [1.29, 1.82) is 0 Å². The van der Waals surface area contributed by atoms with Gasteiger partial charge in [0, 0.05) is 16.9 Å². The van der Waals surface area contributed by atoms with Gasteiger partial charge >= 0.3 is 0 Å². The number of ether oxygens (including phenoxy) is 1. The second-order valence-corrected chi connectivity index (χ2v) is 5.88. The van der Waals surface area contributed by atoms with Crippen LogP contribution in [-0.4, -0.2) is 12.9 Å². The fourth-order valence-corrected chi connectivity index (χ4v) is 3.06. The first-order valence-electron chi connectivity index (χ1n) is 6.46. The maximum Gasteiger partial charge on any atom is 0.167 e. The van der Waals surface area contributed by atoms with Gasteiger partial charge in [0.15, 0.2) is 5.78 Å². The zero-order valence-electron chi connectivity index (χ0n) is 11.8. The number of carbonyl (C=O) groups is 1. The molecule has 0 saturated heterocycles. The minimum Gasteiger partial charge on any atom is -0.495 e. The Morgan fingerprint density at radius 3 is 2.68 bits per heavy atom. The summed E-state index contributed by atoms with van der Waals surface area (Å²) in [5.74, 6) is 0.728. The predicted octanol–water partition coefficient (Wildman–Crippen LogP) is 4.40. The molecule has 2 nitrogen and oxygen atoms in total. The summed E-state index contributed by atoms with van der Waals surface area (Å²) < 4.78 is 5.20. The van der Waals surface area contributed by atoms with Crippen molar-refractivity contribution in [2.24, 2.45) is 5.92 Å². The highest BCUT2D eigenvalue weighted by molar-refractivity contribution is 6.32. The van der Waals surface area contributed by atoms with Crippen molar-refractivity contribution in [3.8, 4) is 5.75 Å². The van der Waals surface area contributed by atoms with Crippen molar-refractivity contribution in [3.63, 3.8) is 0 Å². The van der Waals surface area contributed by atoms with Crippen molar-refractivity contribution in [1.82, 2.24) is 0 Å². The Kier molecular flexibility index (Phi) is 3.73. The molecule has 3 heteroatoms. The van der Waals surface area contributed by atoms with Crippen LogP contribution in [0.15, 0.2) is 24.3 Å². The van der Waals surface area contributed by atoms with E-state index in [1.807, 2.05) is 19.1 Å². The molecule has 1 aliphatic rings. The molecule has 0 spiro atoms. The summed E-state index contributed by atoms with van der Waals surface area (Å²) in [5.41, 5.74) is 1.58. The Bertz CT molecular complexity index is 544. The normalized spacial score (nSPS) is 20.9. The minimum atomic E-state index is -0.193. The van der Waals surface area contributed by atoms with Crippen LogP contribution < -0.4 is 4.74 Å². The smallest absolute Gasteiger partial charge is 0.167 e. The second-order valence-electron chi connectivity index (χ2n) is 5.48. The third-order valence-electron chi connectivity index (χ3n) is 4.05. The Morgan fingerprint density at radius 2 is 2.11 bits per heavy atom. The molecule has 1 aromatic carbocycles. The summed E-state index contributed by atoms with van der Waals surface area (Å²) in [7, 11) is 1.56. The van der Waals surface area contributed by atoms with E-state index in [4.69, 9.17) is 16.3 Å². The van der Waals surface area contributed by atoms with Gasteiger partial charge in [-0.2, -0.15) is 0 Å². The molecular weight excluding hydrogens is 260 g/mol. The molecule has 1 unspecified atom stereocenters. The zero-order chi connectivity index (χ0) is 14.2. The Labute approximate surface area is 119 Å². The average Bonchev–Trinajstić information content (AvgIpc) is 2.54. The molecule has 0 aliphatic heterocycles. The van der Waals surface area contributed by atoms with E-state index in [0.29, 0.717) is 10.8 Å². The first kappa shape index (κ1) is 14.1. The number of fused-ring (bicyclic) bond motifs is 1. The van der Waals surface area contributed by atoms with E-state index in [2.05, 4.69) is 19.9 Å². The molecule has 0 heterocycles. The van der Waals surface area contributed by atoms with Gasteiger partial charge in [-0.25, -0.2) is 0 Å². The molecule has 0 fully saturated rings. The third-order valence-corrected chi connectivity index (χ3v) is 4.34. The summed E-state index contributed by atoms with van der Waals surface area (Å²) in [6.45, 7) is 6.18. The van der Waals surface area contributed by atoms with Crippen molar-refractivity contribution in [2.75, 3.05) is 7.11 Å². The summed E-state index contributed by atoms with van der Waals surface area (Å²) in [5, 5.41) is 0.564. The zero-order valence-corrected chi connectivity index (χ0v) is 12.5. The molecule has 0 saturated carbocycles. The molecule has 2 rings (SSSR count). The number of halogens is 1. The molecule has 1 aromatic rings. The van der Waals surface area contributed by atoms with Gasteiger partial charge in [0.25, 0.3) is 0 Å². The van der Waals surface area contributed by atoms with Gasteiger partial charge in [-0.3, -0.25) is 4.79 Å². The quantitative estimate of drug-likeness (QED) is 0.766. The first-order chi connectivity index (χ1) is 8.93. The van der Waals surface area contributed by atoms with Gasteiger partial charge in [0.1, 0.15) is 5.75 Å². The lowest BCUT2D eigenvalue weighted by Crippen LogP contribution is -2.26. The third kappa shape index (κ3) is 2.18. The van der Waals surface area contributed by atoms with Crippen molar-refractivity contribution < 1.29 is 9.53 Å². The highest BCUT2D eigenvalue weighted by atomic mass is 35.5. The van der Waals surface area contributed by atoms with E-state index in [1.165, 1.54) is 0 Å². The Hall–Kier alpha value is -1.28. The SMILES string of the molecule is C/C=C/CC1C(=O)c2cc(OC)c(Cl)cc2C1(C)C. The highest BCUT2D eigenvalue weighted by Gasteiger charge is 2.45. The van der Waals surface area contributed by atoms with Crippen LogP contribution in [0.2, 0.25) is 5.02 Å². The van der Waals surface area contributed by atoms with Gasteiger partial charge in [0.05, 0.1) is 12.1 Å². The average molecular weight is 279 g/mol. The van der Waals surface area contributed by atoms with Crippen LogP contribution in [0.1, 0.15) is 43.1 Å². The van der Waals surface area contributed by atoms with Crippen LogP contribution in [0.4, 0.5) is 0 Å². The van der Waals surface area contributed by atoms with E-state index >= 15 is 0 Å². The number of ketones is 1. The van der Waals surface area contributed by atoms with E-state index in [1.54, 1.807) is 13.2 Å². The van der Waals surface area contributed by atoms with Crippen molar-refractivity contribution in [3.05, 3.63) is 40.4 Å². The maximum atomic E-state index is 12.6. The van der Waals surface area contributed by atoms with Gasteiger partial charge in [0.2, 0.25) is 0 Å². The predicted molar refractivity (Wildman–Crippen MR) is 78.3 cm³/mol. The van der Waals surface area contributed by atoms with E-state index in [-0.39, 0.29) is 17.1 Å². The summed E-state index contributed by atoms with van der Waals surface area (Å²) >= 11 is 6.18. The van der Waals surface area contributed by atoms with E-state index < -0.39 is 0 Å². The molecule has 0 aromatic heterocycles. The molecule has 0 N–H and O–H groups in total. The van der Waals surface area contributed by atoms with E-state index in [0.717, 1.165) is 17.5 Å². The Morgan fingerprint density at radius 1 is 1.42 bits per heavy atom. The summed E-state index contributed by atoms with van der Waals surface area (Å²) in [6.07, 6.45) is 4.80. The van der Waals surface area contributed by atoms with Gasteiger partial charge in [-0.15, -0.1) is 0 Å². The number of methoxy groups -OCH3 is 1. The minimum absolute atomic E-state index is 0.0260. The number of carbonyl (C=O) groups excluding carboxylic acids is 1. The summed E-state index contributed by atoms with van der Waals surface area (Å²) in [6, 6.07) is 3.65. The lowest BCUT2D eigenvalue weighted by Gasteiger charge is -2.26. The lowest BCUT2D eigenvalue weighted by molar-refractivity contribution is 0.0899. The molecular formula is C16H19ClO2. The molecule has 1 atom stereocenters. The monoisotopic (exact) mass is 278 g/mol. The van der Waals surface area contributed by atoms with Crippen LogP contribution in [0.25, 0.3) is 0 Å². The Balaban J connectivity index is 2.53. The molecule has 102 valence electrons. The highest BCUT2D eigenvalue weighted by Crippen LogP contribution is 2.47. The number of hydrogen-bond acceptors (Lipinski definition) is 2. The van der Waals surface area contributed by atoms with Crippen LogP contribution in [0, 0.1) is 5.92 Å². The van der Waals surface area contributed by atoms with Crippen LogP contribution in [0.3, 0.4) is 0 Å². The van der Waals surface area contributed by atoms with E-state index in [9.17, 15) is 4.79 Å². The number of Topliss-reactive ketones (excluding diaryl/α,β-unsaturated/α-hetero) is 1. The maximum absolute atomic E-state index is 12.6.